The molecule has 0 spiro atoms. The fourth-order valence-corrected chi connectivity index (χ4v) is 1.75. The lowest BCUT2D eigenvalue weighted by atomic mass is 10.2. The molecule has 0 radical (unpaired) electrons. The highest BCUT2D eigenvalue weighted by molar-refractivity contribution is 6.32. The lowest BCUT2D eigenvalue weighted by Gasteiger charge is -2.06. The monoisotopic (exact) mass is 280 g/mol. The normalized spacial score (nSPS) is 10.3. The van der Waals surface area contributed by atoms with Gasteiger partial charge in [0.05, 0.1) is 5.02 Å². The fraction of sp³-hybridized carbons (Fsp3) is 0.154. The largest absolute Gasteiger partial charge is 0.487 e. The van der Waals surface area contributed by atoms with Crippen LogP contribution in [0.4, 0.5) is 0 Å². The number of benzene rings is 1. The number of aryl methyl sites for hydroxylation is 1. The molecule has 1 amide bonds. The summed E-state index contributed by atoms with van der Waals surface area (Å²) in [7, 11) is 0. The maximum atomic E-state index is 11.3. The minimum absolute atomic E-state index is 0.151. The molecule has 6 heteroatoms. The molecule has 0 saturated carbocycles. The Morgan fingerprint density at radius 1 is 1.47 bits per heavy atom. The molecular weight excluding hydrogens is 268 g/mol. The van der Waals surface area contributed by atoms with Crippen molar-refractivity contribution < 1.29 is 13.9 Å². The Labute approximate surface area is 115 Å². The Morgan fingerprint density at radius 2 is 2.21 bits per heavy atom. The molecule has 100 valence electrons. The molecule has 0 bridgehead atoms. The zero-order chi connectivity index (χ0) is 13.8. The van der Waals surface area contributed by atoms with E-state index in [2.05, 4.69) is 0 Å². The summed E-state index contributed by atoms with van der Waals surface area (Å²) in [6, 6.07) is 8.75. The van der Waals surface area contributed by atoms with Gasteiger partial charge in [0, 0.05) is 5.56 Å². The van der Waals surface area contributed by atoms with Gasteiger partial charge < -0.3 is 9.15 Å². The molecular formula is C13H13ClN2O3. The van der Waals surface area contributed by atoms with Crippen LogP contribution >= 0.6 is 11.6 Å². The standard InChI is InChI=1S/C13H13ClN2O3/c1-8-9(6-12(19-8)13(17)16-15)7-18-11-5-3-2-4-10(11)14/h2-6H,7,15H2,1H3,(H,16,17). The number of nitrogens with one attached hydrogen (secondary N) is 1. The summed E-state index contributed by atoms with van der Waals surface area (Å²) >= 11 is 5.98. The zero-order valence-electron chi connectivity index (χ0n) is 10.3. The van der Waals surface area contributed by atoms with Crippen molar-refractivity contribution in [1.82, 2.24) is 5.43 Å². The van der Waals surface area contributed by atoms with Gasteiger partial charge in [-0.1, -0.05) is 23.7 Å². The number of carbonyl (C=O) groups excluding carboxylic acids is 1. The van der Waals surface area contributed by atoms with E-state index in [1.165, 1.54) is 0 Å². The van der Waals surface area contributed by atoms with Crippen molar-refractivity contribution >= 4 is 17.5 Å². The van der Waals surface area contributed by atoms with E-state index in [9.17, 15) is 4.79 Å². The van der Waals surface area contributed by atoms with Crippen LogP contribution in [0.1, 0.15) is 21.9 Å². The van der Waals surface area contributed by atoms with Crippen LogP contribution in [0.15, 0.2) is 34.7 Å². The summed E-state index contributed by atoms with van der Waals surface area (Å²) in [5, 5.41) is 0.531. The van der Waals surface area contributed by atoms with E-state index >= 15 is 0 Å². The topological polar surface area (TPSA) is 77.5 Å². The highest BCUT2D eigenvalue weighted by Crippen LogP contribution is 2.25. The molecule has 2 aromatic rings. The number of nitrogen functional groups attached to an aromatic ring is 1. The second kappa shape index (κ2) is 5.77. The maximum Gasteiger partial charge on any atom is 0.300 e. The van der Waals surface area contributed by atoms with Crippen LogP contribution in [0.25, 0.3) is 0 Å². The van der Waals surface area contributed by atoms with Crippen LogP contribution in [0.3, 0.4) is 0 Å². The van der Waals surface area contributed by atoms with Crippen LogP contribution < -0.4 is 16.0 Å². The number of rotatable bonds is 4. The van der Waals surface area contributed by atoms with E-state index < -0.39 is 5.91 Å². The van der Waals surface area contributed by atoms with Crippen LogP contribution in [0, 0.1) is 6.92 Å². The summed E-state index contributed by atoms with van der Waals surface area (Å²) in [5.41, 5.74) is 2.77. The van der Waals surface area contributed by atoms with Gasteiger partial charge in [-0.15, -0.1) is 0 Å². The molecule has 3 N–H and O–H groups in total. The summed E-state index contributed by atoms with van der Waals surface area (Å²) in [6.45, 7) is 2.01. The fourth-order valence-electron chi connectivity index (χ4n) is 1.56. The molecule has 1 heterocycles. The summed E-state index contributed by atoms with van der Waals surface area (Å²) in [4.78, 5) is 11.3. The number of carbonyl (C=O) groups is 1. The second-order valence-electron chi connectivity index (χ2n) is 3.88. The molecule has 0 aliphatic rings. The van der Waals surface area contributed by atoms with Gasteiger partial charge in [0.15, 0.2) is 5.76 Å². The minimum Gasteiger partial charge on any atom is -0.487 e. The maximum absolute atomic E-state index is 11.3. The number of hydrogen-bond acceptors (Lipinski definition) is 4. The number of amides is 1. The van der Waals surface area contributed by atoms with Gasteiger partial charge in [0.2, 0.25) is 0 Å². The van der Waals surface area contributed by atoms with Gasteiger partial charge in [0.1, 0.15) is 18.1 Å². The molecule has 0 aliphatic heterocycles. The third-order valence-corrected chi connectivity index (χ3v) is 2.91. The first-order valence-electron chi connectivity index (χ1n) is 5.59. The van der Waals surface area contributed by atoms with Crippen molar-refractivity contribution in [2.24, 2.45) is 5.84 Å². The van der Waals surface area contributed by atoms with Crippen molar-refractivity contribution in [3.05, 3.63) is 52.4 Å². The van der Waals surface area contributed by atoms with Gasteiger partial charge in [-0.05, 0) is 25.1 Å². The third-order valence-electron chi connectivity index (χ3n) is 2.60. The van der Waals surface area contributed by atoms with Gasteiger partial charge in [-0.25, -0.2) is 5.84 Å². The first-order chi connectivity index (χ1) is 9.11. The SMILES string of the molecule is Cc1oc(C(=O)NN)cc1COc1ccccc1Cl. The third kappa shape index (κ3) is 3.07. The molecule has 1 aromatic heterocycles. The number of halogens is 1. The number of hydrogen-bond donors (Lipinski definition) is 2. The smallest absolute Gasteiger partial charge is 0.300 e. The Kier molecular flexibility index (Phi) is 4.09. The van der Waals surface area contributed by atoms with E-state index in [0.717, 1.165) is 5.56 Å². The predicted octanol–water partition coefficient (Wildman–Crippen LogP) is 2.42. The van der Waals surface area contributed by atoms with Crippen molar-refractivity contribution in [3.8, 4) is 5.75 Å². The van der Waals surface area contributed by atoms with Crippen LogP contribution in [-0.2, 0) is 6.61 Å². The van der Waals surface area contributed by atoms with E-state index in [1.54, 1.807) is 25.1 Å². The summed E-state index contributed by atoms with van der Waals surface area (Å²) < 4.78 is 10.9. The van der Waals surface area contributed by atoms with Gasteiger partial charge >= 0.3 is 5.91 Å². The van der Waals surface area contributed by atoms with Crippen LogP contribution in [-0.4, -0.2) is 5.91 Å². The molecule has 1 aromatic carbocycles. The molecule has 0 saturated heterocycles. The average molecular weight is 281 g/mol. The molecule has 2 rings (SSSR count). The predicted molar refractivity (Wildman–Crippen MR) is 70.9 cm³/mol. The summed E-state index contributed by atoms with van der Waals surface area (Å²) in [6.07, 6.45) is 0. The zero-order valence-corrected chi connectivity index (χ0v) is 11.0. The van der Waals surface area contributed by atoms with E-state index in [4.69, 9.17) is 26.6 Å². The van der Waals surface area contributed by atoms with E-state index in [0.29, 0.717) is 16.5 Å². The van der Waals surface area contributed by atoms with E-state index in [1.807, 2.05) is 17.6 Å². The van der Waals surface area contributed by atoms with Crippen molar-refractivity contribution in [2.45, 2.75) is 13.5 Å². The Morgan fingerprint density at radius 3 is 2.89 bits per heavy atom. The molecule has 0 atom stereocenters. The quantitative estimate of drug-likeness (QED) is 0.512. The molecule has 0 fully saturated rings. The number of ether oxygens (including phenoxy) is 1. The minimum atomic E-state index is -0.480. The van der Waals surface area contributed by atoms with Gasteiger partial charge in [-0.2, -0.15) is 0 Å². The van der Waals surface area contributed by atoms with Crippen LogP contribution in [0.5, 0.6) is 5.75 Å². The van der Waals surface area contributed by atoms with Crippen LogP contribution in [0.2, 0.25) is 5.02 Å². The number of furan rings is 1. The Hall–Kier alpha value is -1.98. The lowest BCUT2D eigenvalue weighted by Crippen LogP contribution is -2.29. The van der Waals surface area contributed by atoms with Gasteiger partial charge in [-0.3, -0.25) is 10.2 Å². The summed E-state index contributed by atoms with van der Waals surface area (Å²) in [5.74, 6) is 5.89. The first-order valence-corrected chi connectivity index (χ1v) is 5.97. The molecule has 0 unspecified atom stereocenters. The first kappa shape index (κ1) is 13.5. The number of para-hydroxylation sites is 1. The van der Waals surface area contributed by atoms with Crippen molar-refractivity contribution in [1.29, 1.82) is 0 Å². The second-order valence-corrected chi connectivity index (χ2v) is 4.29. The van der Waals surface area contributed by atoms with Crippen molar-refractivity contribution in [3.63, 3.8) is 0 Å². The Balaban J connectivity index is 2.10. The van der Waals surface area contributed by atoms with Crippen molar-refractivity contribution in [2.75, 3.05) is 0 Å². The van der Waals surface area contributed by atoms with E-state index in [-0.39, 0.29) is 12.4 Å². The van der Waals surface area contributed by atoms with Gasteiger partial charge in [0.25, 0.3) is 0 Å². The molecule has 19 heavy (non-hydrogen) atoms. The Bertz CT molecular complexity index is 595. The average Bonchev–Trinajstić information content (AvgIpc) is 2.78. The molecule has 5 nitrogen and oxygen atoms in total. The highest BCUT2D eigenvalue weighted by atomic mass is 35.5. The lowest BCUT2D eigenvalue weighted by molar-refractivity contribution is 0.0924. The number of nitrogens with two attached hydrogens (primary N) is 1. The molecule has 0 aliphatic carbocycles. The number of hydrazine groups is 1. The highest BCUT2D eigenvalue weighted by Gasteiger charge is 2.14.